The Balaban J connectivity index is 1.76. The van der Waals surface area contributed by atoms with E-state index in [-0.39, 0.29) is 34.6 Å². The van der Waals surface area contributed by atoms with Crippen LogP contribution in [-0.2, 0) is 16.0 Å². The van der Waals surface area contributed by atoms with Gasteiger partial charge in [-0.3, -0.25) is 9.59 Å². The number of carbonyl (C=O) groups is 3. The van der Waals surface area contributed by atoms with Gasteiger partial charge in [-0.1, -0.05) is 79.0 Å². The standard InChI is InChI=1S/C28H27Cl3N2O4/c1-16(2)15-37-28(36)23(33-26(34)24-17(3)6-4-7-20(24)29)14-18-10-12-19(13-11-18)32-27(35)25-21(30)8-5-9-22(25)31/h4-13,16,23H,14-15H2,1-3H3,(H,32,35)(H,33,34)/t23-/m0/s1. The van der Waals surface area contributed by atoms with Gasteiger partial charge in [0.25, 0.3) is 11.8 Å². The van der Waals surface area contributed by atoms with Gasteiger partial charge in [0.15, 0.2) is 0 Å². The van der Waals surface area contributed by atoms with Gasteiger partial charge in [-0.15, -0.1) is 0 Å². The molecule has 2 N–H and O–H groups in total. The van der Waals surface area contributed by atoms with Gasteiger partial charge < -0.3 is 15.4 Å². The summed E-state index contributed by atoms with van der Waals surface area (Å²) in [5.41, 5.74) is 2.44. The molecule has 6 nitrogen and oxygen atoms in total. The van der Waals surface area contributed by atoms with E-state index in [1.807, 2.05) is 13.8 Å². The molecule has 9 heteroatoms. The van der Waals surface area contributed by atoms with Crippen molar-refractivity contribution in [3.8, 4) is 0 Å². The lowest BCUT2D eigenvalue weighted by Crippen LogP contribution is -2.44. The van der Waals surface area contributed by atoms with Crippen LogP contribution in [0.15, 0.2) is 60.7 Å². The molecule has 194 valence electrons. The lowest BCUT2D eigenvalue weighted by molar-refractivity contribution is -0.147. The summed E-state index contributed by atoms with van der Waals surface area (Å²) in [7, 11) is 0. The molecule has 0 aliphatic carbocycles. The molecular weight excluding hydrogens is 535 g/mol. The summed E-state index contributed by atoms with van der Waals surface area (Å²) in [5.74, 6) is -1.31. The number of aryl methyl sites for hydroxylation is 1. The van der Waals surface area contributed by atoms with E-state index in [9.17, 15) is 14.4 Å². The Morgan fingerprint density at radius 2 is 1.38 bits per heavy atom. The molecule has 0 saturated carbocycles. The lowest BCUT2D eigenvalue weighted by Gasteiger charge is -2.20. The average molecular weight is 562 g/mol. The molecule has 0 spiro atoms. The lowest BCUT2D eigenvalue weighted by atomic mass is 10.0. The second kappa shape index (κ2) is 13.0. The molecule has 0 aliphatic rings. The SMILES string of the molecule is Cc1cccc(Cl)c1C(=O)N[C@@H](Cc1ccc(NC(=O)c2c(Cl)cccc2Cl)cc1)C(=O)OCC(C)C. The van der Waals surface area contributed by atoms with Crippen molar-refractivity contribution in [3.63, 3.8) is 0 Å². The zero-order valence-electron chi connectivity index (χ0n) is 20.6. The maximum Gasteiger partial charge on any atom is 0.329 e. The predicted molar refractivity (Wildman–Crippen MR) is 148 cm³/mol. The van der Waals surface area contributed by atoms with E-state index in [1.54, 1.807) is 67.6 Å². The molecule has 0 aliphatic heterocycles. The summed E-state index contributed by atoms with van der Waals surface area (Å²) in [6.07, 6.45) is 0.177. The first-order chi connectivity index (χ1) is 17.6. The molecule has 0 aromatic heterocycles. The second-order valence-corrected chi connectivity index (χ2v) is 10.2. The molecule has 0 bridgehead atoms. The molecule has 3 aromatic carbocycles. The first-order valence-corrected chi connectivity index (χ1v) is 12.8. The minimum absolute atomic E-state index is 0.139. The molecule has 1 atom stereocenters. The van der Waals surface area contributed by atoms with Crippen LogP contribution in [0.3, 0.4) is 0 Å². The fourth-order valence-electron chi connectivity index (χ4n) is 3.56. The fourth-order valence-corrected chi connectivity index (χ4v) is 4.44. The number of hydrogen-bond acceptors (Lipinski definition) is 4. The van der Waals surface area contributed by atoms with Crippen LogP contribution in [0.5, 0.6) is 0 Å². The van der Waals surface area contributed by atoms with E-state index in [0.717, 1.165) is 5.56 Å². The van der Waals surface area contributed by atoms with Crippen LogP contribution < -0.4 is 10.6 Å². The minimum Gasteiger partial charge on any atom is -0.464 e. The Morgan fingerprint density at radius 1 is 0.811 bits per heavy atom. The van der Waals surface area contributed by atoms with E-state index in [0.29, 0.717) is 21.8 Å². The summed E-state index contributed by atoms with van der Waals surface area (Å²) in [6, 6.07) is 15.9. The summed E-state index contributed by atoms with van der Waals surface area (Å²) >= 11 is 18.5. The fraction of sp³-hybridized carbons (Fsp3) is 0.250. The molecule has 3 aromatic rings. The van der Waals surface area contributed by atoms with E-state index in [1.165, 1.54) is 0 Å². The Hall–Kier alpha value is -3.06. The van der Waals surface area contributed by atoms with Gasteiger partial charge in [-0.2, -0.15) is 0 Å². The van der Waals surface area contributed by atoms with Gasteiger partial charge in [-0.25, -0.2) is 4.79 Å². The maximum atomic E-state index is 13.0. The summed E-state index contributed by atoms with van der Waals surface area (Å²) in [5, 5.41) is 6.31. The van der Waals surface area contributed by atoms with E-state index in [2.05, 4.69) is 10.6 Å². The quantitative estimate of drug-likeness (QED) is 0.283. The molecule has 0 fully saturated rings. The highest BCUT2D eigenvalue weighted by atomic mass is 35.5. The number of nitrogens with one attached hydrogen (secondary N) is 2. The summed E-state index contributed by atoms with van der Waals surface area (Å²) < 4.78 is 5.41. The summed E-state index contributed by atoms with van der Waals surface area (Å²) in [6.45, 7) is 5.86. The van der Waals surface area contributed by atoms with Crippen LogP contribution in [0.2, 0.25) is 15.1 Å². The number of halogens is 3. The second-order valence-electron chi connectivity index (χ2n) is 8.93. The van der Waals surface area contributed by atoms with Crippen LogP contribution in [0.1, 0.15) is 45.7 Å². The van der Waals surface area contributed by atoms with Crippen LogP contribution >= 0.6 is 34.8 Å². The molecule has 0 heterocycles. The highest BCUT2D eigenvalue weighted by Gasteiger charge is 2.25. The van der Waals surface area contributed by atoms with Crippen molar-refractivity contribution in [3.05, 3.63) is 98.0 Å². The first-order valence-electron chi connectivity index (χ1n) is 11.6. The van der Waals surface area contributed by atoms with Crippen molar-refractivity contribution in [2.45, 2.75) is 33.2 Å². The Labute approximate surface area is 231 Å². The maximum absolute atomic E-state index is 13.0. The monoisotopic (exact) mass is 560 g/mol. The van der Waals surface area contributed by atoms with Crippen LogP contribution in [0.25, 0.3) is 0 Å². The number of carbonyl (C=O) groups excluding carboxylic acids is 3. The molecular formula is C28H27Cl3N2O4. The Kier molecular flexibility index (Phi) is 9.98. The number of amides is 2. The van der Waals surface area contributed by atoms with Crippen molar-refractivity contribution in [2.24, 2.45) is 5.92 Å². The third kappa shape index (κ3) is 7.71. The zero-order chi connectivity index (χ0) is 27.1. The largest absolute Gasteiger partial charge is 0.464 e. The Morgan fingerprint density at radius 3 is 1.95 bits per heavy atom. The van der Waals surface area contributed by atoms with Gasteiger partial charge in [0.1, 0.15) is 6.04 Å². The van der Waals surface area contributed by atoms with Crippen molar-refractivity contribution in [2.75, 3.05) is 11.9 Å². The molecule has 0 radical (unpaired) electrons. The molecule has 3 rings (SSSR count). The number of ether oxygens (including phenoxy) is 1. The van der Waals surface area contributed by atoms with Gasteiger partial charge in [-0.05, 0) is 54.3 Å². The topological polar surface area (TPSA) is 84.5 Å². The molecule has 0 saturated heterocycles. The van der Waals surface area contributed by atoms with E-state index >= 15 is 0 Å². The smallest absolute Gasteiger partial charge is 0.329 e. The molecule has 37 heavy (non-hydrogen) atoms. The van der Waals surface area contributed by atoms with Gasteiger partial charge >= 0.3 is 5.97 Å². The minimum atomic E-state index is -0.940. The zero-order valence-corrected chi connectivity index (χ0v) is 22.9. The number of anilines is 1. The third-order valence-corrected chi connectivity index (χ3v) is 6.38. The van der Waals surface area contributed by atoms with E-state index < -0.39 is 23.8 Å². The van der Waals surface area contributed by atoms with Crippen LogP contribution in [0.4, 0.5) is 5.69 Å². The van der Waals surface area contributed by atoms with Crippen molar-refractivity contribution >= 4 is 58.3 Å². The highest BCUT2D eigenvalue weighted by Crippen LogP contribution is 2.25. The van der Waals surface area contributed by atoms with Crippen molar-refractivity contribution in [1.29, 1.82) is 0 Å². The van der Waals surface area contributed by atoms with Gasteiger partial charge in [0.05, 0.1) is 32.8 Å². The van der Waals surface area contributed by atoms with Crippen LogP contribution in [-0.4, -0.2) is 30.4 Å². The Bertz CT molecular complexity index is 1250. The predicted octanol–water partition coefficient (Wildman–Crippen LogP) is 6.75. The van der Waals surface area contributed by atoms with Crippen molar-refractivity contribution < 1.29 is 19.1 Å². The van der Waals surface area contributed by atoms with Crippen LogP contribution in [0, 0.1) is 12.8 Å². The number of benzene rings is 3. The third-order valence-electron chi connectivity index (χ3n) is 5.44. The van der Waals surface area contributed by atoms with Gasteiger partial charge in [0, 0.05) is 12.1 Å². The normalized spacial score (nSPS) is 11.6. The number of hydrogen-bond donors (Lipinski definition) is 2. The first kappa shape index (κ1) is 28.5. The van der Waals surface area contributed by atoms with E-state index in [4.69, 9.17) is 39.5 Å². The van der Waals surface area contributed by atoms with Gasteiger partial charge in [0.2, 0.25) is 0 Å². The summed E-state index contributed by atoms with van der Waals surface area (Å²) in [4.78, 5) is 38.5. The van der Waals surface area contributed by atoms with Crippen molar-refractivity contribution in [1.82, 2.24) is 5.32 Å². The number of esters is 1. The number of rotatable bonds is 9. The molecule has 2 amide bonds. The average Bonchev–Trinajstić information content (AvgIpc) is 2.83. The highest BCUT2D eigenvalue weighted by molar-refractivity contribution is 6.40. The molecule has 0 unspecified atom stereocenters.